The second-order valence-corrected chi connectivity index (χ2v) is 8.63. The van der Waals surface area contributed by atoms with E-state index in [2.05, 4.69) is 95.4 Å². The topological polar surface area (TPSA) is 17.6 Å². The lowest BCUT2D eigenvalue weighted by Crippen LogP contribution is -1.91. The molecule has 5 aromatic carbocycles. The van der Waals surface area contributed by atoms with Crippen molar-refractivity contribution in [3.8, 4) is 0 Å². The first-order valence-corrected chi connectivity index (χ1v) is 10.9. The van der Waals surface area contributed by atoms with Gasteiger partial charge < -0.3 is 8.82 Å². The maximum atomic E-state index is 6.27. The fraction of sp³-hybridized carbons (Fsp3) is 0. The Labute approximate surface area is 182 Å². The van der Waals surface area contributed by atoms with Crippen LogP contribution in [0.25, 0.3) is 70.8 Å². The molecule has 8 aromatic rings. The third kappa shape index (κ3) is 1.99. The van der Waals surface area contributed by atoms with Crippen LogP contribution in [-0.2, 0) is 0 Å². The molecule has 148 valence electrons. The van der Waals surface area contributed by atoms with Crippen molar-refractivity contribution in [1.82, 2.24) is 4.40 Å². The van der Waals surface area contributed by atoms with E-state index in [9.17, 15) is 0 Å². The van der Waals surface area contributed by atoms with Gasteiger partial charge in [-0.25, -0.2) is 0 Å². The van der Waals surface area contributed by atoms with Crippen LogP contribution in [0.1, 0.15) is 0 Å². The van der Waals surface area contributed by atoms with Crippen molar-refractivity contribution in [2.75, 3.05) is 0 Å². The van der Waals surface area contributed by atoms with Crippen molar-refractivity contribution in [3.63, 3.8) is 0 Å². The van der Waals surface area contributed by atoms with Crippen molar-refractivity contribution in [2.24, 2.45) is 0 Å². The molecule has 0 radical (unpaired) electrons. The van der Waals surface area contributed by atoms with Crippen LogP contribution in [0.2, 0.25) is 0 Å². The summed E-state index contributed by atoms with van der Waals surface area (Å²) in [6, 6.07) is 37.1. The molecule has 32 heavy (non-hydrogen) atoms. The molecule has 0 atom stereocenters. The van der Waals surface area contributed by atoms with Crippen LogP contribution in [-0.4, -0.2) is 4.40 Å². The first-order chi connectivity index (χ1) is 15.8. The van der Waals surface area contributed by atoms with E-state index in [1.165, 1.54) is 54.3 Å². The molecule has 2 nitrogen and oxygen atoms in total. The first-order valence-electron chi connectivity index (χ1n) is 10.9. The van der Waals surface area contributed by atoms with Crippen LogP contribution >= 0.6 is 0 Å². The van der Waals surface area contributed by atoms with Crippen LogP contribution in [0.15, 0.2) is 108 Å². The molecule has 3 heterocycles. The lowest BCUT2D eigenvalue weighted by Gasteiger charge is -2.12. The molecule has 0 aliphatic carbocycles. The summed E-state index contributed by atoms with van der Waals surface area (Å²) in [4.78, 5) is 0. The van der Waals surface area contributed by atoms with Gasteiger partial charge in [0, 0.05) is 33.0 Å². The number of para-hydroxylation sites is 2. The average molecular weight is 407 g/mol. The van der Waals surface area contributed by atoms with E-state index in [0.717, 1.165) is 16.6 Å². The Balaban J connectivity index is 1.72. The van der Waals surface area contributed by atoms with Crippen molar-refractivity contribution in [2.45, 2.75) is 0 Å². The van der Waals surface area contributed by atoms with Gasteiger partial charge in [-0.1, -0.05) is 60.7 Å². The first kappa shape index (κ1) is 16.4. The standard InChI is InChI=1S/C30H17NO/c1-2-8-19-14-23-22(13-18(19)7-1)24-16-25-21-10-4-6-12-29(21)32-30(25)17-28(24)31-26-11-5-3-9-20(26)15-27(23)31/h1-17H. The van der Waals surface area contributed by atoms with Gasteiger partial charge in [0.25, 0.3) is 0 Å². The number of rotatable bonds is 0. The second-order valence-electron chi connectivity index (χ2n) is 8.63. The Hall–Kier alpha value is -4.30. The minimum Gasteiger partial charge on any atom is -0.456 e. The molecule has 8 rings (SSSR count). The molecule has 0 unspecified atom stereocenters. The number of pyridine rings is 1. The molecular formula is C30H17NO. The molecule has 0 bridgehead atoms. The Morgan fingerprint density at radius 3 is 1.94 bits per heavy atom. The highest BCUT2D eigenvalue weighted by Gasteiger charge is 2.16. The lowest BCUT2D eigenvalue weighted by molar-refractivity contribution is 0.669. The maximum Gasteiger partial charge on any atom is 0.137 e. The van der Waals surface area contributed by atoms with Crippen molar-refractivity contribution >= 4 is 70.8 Å². The van der Waals surface area contributed by atoms with Gasteiger partial charge in [0.15, 0.2) is 0 Å². The quantitative estimate of drug-likeness (QED) is 0.182. The minimum atomic E-state index is 0.929. The fourth-order valence-electron chi connectivity index (χ4n) is 5.45. The monoisotopic (exact) mass is 407 g/mol. The summed E-state index contributed by atoms with van der Waals surface area (Å²) in [5.41, 5.74) is 5.49. The van der Waals surface area contributed by atoms with Gasteiger partial charge in [0.2, 0.25) is 0 Å². The third-order valence-electron chi connectivity index (χ3n) is 6.90. The smallest absolute Gasteiger partial charge is 0.137 e. The van der Waals surface area contributed by atoms with Gasteiger partial charge in [-0.05, 0) is 52.6 Å². The SMILES string of the molecule is c1ccc2cc3c(cc2c1)c1cc2c(cc1n1c4ccccc4cc31)oc1ccccc12. The van der Waals surface area contributed by atoms with Crippen LogP contribution in [0.4, 0.5) is 0 Å². The van der Waals surface area contributed by atoms with E-state index >= 15 is 0 Å². The van der Waals surface area contributed by atoms with Crippen LogP contribution in [0, 0.1) is 0 Å². The van der Waals surface area contributed by atoms with E-state index in [0.29, 0.717) is 0 Å². The van der Waals surface area contributed by atoms with E-state index in [4.69, 9.17) is 4.42 Å². The van der Waals surface area contributed by atoms with Crippen molar-refractivity contribution in [3.05, 3.63) is 103 Å². The Bertz CT molecular complexity index is 2040. The highest BCUT2D eigenvalue weighted by molar-refractivity contribution is 6.22. The highest BCUT2D eigenvalue weighted by Crippen LogP contribution is 2.39. The summed E-state index contributed by atoms with van der Waals surface area (Å²) in [5, 5.41) is 9.91. The van der Waals surface area contributed by atoms with Gasteiger partial charge in [0.05, 0.1) is 16.6 Å². The average Bonchev–Trinajstić information content (AvgIpc) is 3.40. The fourth-order valence-corrected chi connectivity index (χ4v) is 5.45. The summed E-state index contributed by atoms with van der Waals surface area (Å²) in [6.07, 6.45) is 0. The van der Waals surface area contributed by atoms with E-state index in [1.54, 1.807) is 0 Å². The Kier molecular flexibility index (Phi) is 2.91. The molecule has 3 aromatic heterocycles. The summed E-state index contributed by atoms with van der Waals surface area (Å²) in [5.74, 6) is 0. The molecular weight excluding hydrogens is 390 g/mol. The molecule has 0 fully saturated rings. The number of furan rings is 1. The van der Waals surface area contributed by atoms with Gasteiger partial charge in [-0.3, -0.25) is 0 Å². The number of benzene rings is 5. The third-order valence-corrected chi connectivity index (χ3v) is 6.90. The zero-order chi connectivity index (χ0) is 20.8. The maximum absolute atomic E-state index is 6.27. The zero-order valence-electron chi connectivity index (χ0n) is 17.2. The second kappa shape index (κ2) is 5.68. The largest absolute Gasteiger partial charge is 0.456 e. The van der Waals surface area contributed by atoms with Crippen LogP contribution in [0.5, 0.6) is 0 Å². The van der Waals surface area contributed by atoms with E-state index < -0.39 is 0 Å². The van der Waals surface area contributed by atoms with E-state index in [1.807, 2.05) is 12.1 Å². The molecule has 0 amide bonds. The van der Waals surface area contributed by atoms with Crippen LogP contribution in [0.3, 0.4) is 0 Å². The predicted octanol–water partition coefficient (Wildman–Crippen LogP) is 8.45. The van der Waals surface area contributed by atoms with E-state index in [-0.39, 0.29) is 0 Å². The molecule has 2 heteroatoms. The van der Waals surface area contributed by atoms with Gasteiger partial charge in [-0.15, -0.1) is 0 Å². The molecule has 0 N–H and O–H groups in total. The molecule has 0 spiro atoms. The number of aromatic nitrogens is 1. The normalized spacial score (nSPS) is 12.4. The summed E-state index contributed by atoms with van der Waals surface area (Å²) >= 11 is 0. The summed E-state index contributed by atoms with van der Waals surface area (Å²) in [7, 11) is 0. The highest BCUT2D eigenvalue weighted by atomic mass is 16.3. The predicted molar refractivity (Wildman–Crippen MR) is 135 cm³/mol. The summed E-state index contributed by atoms with van der Waals surface area (Å²) in [6.45, 7) is 0. The van der Waals surface area contributed by atoms with Gasteiger partial charge >= 0.3 is 0 Å². The molecule has 0 saturated carbocycles. The molecule has 0 aliphatic rings. The van der Waals surface area contributed by atoms with Gasteiger partial charge in [-0.2, -0.15) is 0 Å². The number of hydrogen-bond acceptors (Lipinski definition) is 1. The van der Waals surface area contributed by atoms with Crippen LogP contribution < -0.4 is 0 Å². The number of hydrogen-bond donors (Lipinski definition) is 0. The number of nitrogens with zero attached hydrogens (tertiary/aromatic N) is 1. The number of fused-ring (bicyclic) bond motifs is 12. The summed E-state index contributed by atoms with van der Waals surface area (Å²) < 4.78 is 8.66. The Morgan fingerprint density at radius 1 is 0.406 bits per heavy atom. The van der Waals surface area contributed by atoms with Crippen molar-refractivity contribution < 1.29 is 4.42 Å². The molecule has 0 aliphatic heterocycles. The molecule has 0 saturated heterocycles. The minimum absolute atomic E-state index is 0.929. The van der Waals surface area contributed by atoms with Gasteiger partial charge in [0.1, 0.15) is 11.2 Å². The van der Waals surface area contributed by atoms with Crippen molar-refractivity contribution in [1.29, 1.82) is 0 Å². The Morgan fingerprint density at radius 2 is 1.06 bits per heavy atom. The zero-order valence-corrected chi connectivity index (χ0v) is 17.2. The lowest BCUT2D eigenvalue weighted by atomic mass is 9.99.